The van der Waals surface area contributed by atoms with Crippen LogP contribution >= 0.6 is 0 Å². The lowest BCUT2D eigenvalue weighted by atomic mass is 10.0. The highest BCUT2D eigenvalue weighted by Crippen LogP contribution is 2.30. The fraction of sp³-hybridized carbons (Fsp3) is 0.0833. The van der Waals surface area contributed by atoms with Gasteiger partial charge in [-0.2, -0.15) is 0 Å². The molecule has 3 aromatic carbocycles. The molecule has 0 unspecified atom stereocenters. The molecule has 0 amide bonds. The molecule has 0 aliphatic heterocycles. The lowest BCUT2D eigenvalue weighted by Crippen LogP contribution is -2.04. The van der Waals surface area contributed by atoms with E-state index in [0.29, 0.717) is 29.2 Å². The third-order valence-electron chi connectivity index (χ3n) is 4.52. The highest BCUT2D eigenvalue weighted by atomic mass is 16.5. The van der Waals surface area contributed by atoms with Crippen LogP contribution in [0, 0.1) is 0 Å². The zero-order chi connectivity index (χ0) is 19.3. The third kappa shape index (κ3) is 3.71. The molecule has 0 atom stereocenters. The van der Waals surface area contributed by atoms with Crippen molar-refractivity contribution in [2.24, 2.45) is 0 Å². The molecule has 4 aromatic rings. The van der Waals surface area contributed by atoms with Crippen LogP contribution in [0.3, 0.4) is 0 Å². The van der Waals surface area contributed by atoms with Crippen molar-refractivity contribution < 1.29 is 14.3 Å². The van der Waals surface area contributed by atoms with Gasteiger partial charge in [-0.25, -0.2) is 0 Å². The summed E-state index contributed by atoms with van der Waals surface area (Å²) in [6, 6.07) is 24.7. The molecule has 138 valence electrons. The van der Waals surface area contributed by atoms with E-state index in [1.54, 1.807) is 31.5 Å². The van der Waals surface area contributed by atoms with Gasteiger partial charge in [0.05, 0.1) is 12.6 Å². The molecular weight excluding hydrogens is 350 g/mol. The van der Waals surface area contributed by atoms with Gasteiger partial charge in [0.1, 0.15) is 6.61 Å². The number of nitrogens with zero attached hydrogens (tertiary/aromatic N) is 1. The van der Waals surface area contributed by atoms with Crippen molar-refractivity contribution in [1.82, 2.24) is 4.98 Å². The third-order valence-corrected chi connectivity index (χ3v) is 4.52. The molecule has 28 heavy (non-hydrogen) atoms. The zero-order valence-corrected chi connectivity index (χ0v) is 15.5. The first-order valence-electron chi connectivity index (χ1n) is 8.99. The number of aromatic nitrogens is 1. The molecule has 0 spiro atoms. The number of ketones is 1. The zero-order valence-electron chi connectivity index (χ0n) is 15.5. The number of hydrogen-bond donors (Lipinski definition) is 0. The maximum absolute atomic E-state index is 12.9. The van der Waals surface area contributed by atoms with Crippen LogP contribution in [0.5, 0.6) is 11.5 Å². The van der Waals surface area contributed by atoms with Gasteiger partial charge >= 0.3 is 0 Å². The van der Waals surface area contributed by atoms with Gasteiger partial charge in [-0.05, 0) is 35.9 Å². The number of hydrogen-bond acceptors (Lipinski definition) is 4. The summed E-state index contributed by atoms with van der Waals surface area (Å²) in [5, 5.41) is 0.933. The van der Waals surface area contributed by atoms with E-state index in [2.05, 4.69) is 4.98 Å². The normalized spacial score (nSPS) is 10.6. The van der Waals surface area contributed by atoms with E-state index < -0.39 is 0 Å². The molecular formula is C24H19NO3. The smallest absolute Gasteiger partial charge is 0.194 e. The molecule has 4 nitrogen and oxygen atoms in total. The van der Waals surface area contributed by atoms with E-state index in [4.69, 9.17) is 9.47 Å². The summed E-state index contributed by atoms with van der Waals surface area (Å²) in [5.74, 6) is 1.02. The first-order chi connectivity index (χ1) is 13.7. The predicted octanol–water partition coefficient (Wildman–Crippen LogP) is 5.05. The van der Waals surface area contributed by atoms with Crippen LogP contribution in [-0.4, -0.2) is 17.9 Å². The Labute approximate surface area is 163 Å². The Morgan fingerprint density at radius 2 is 1.64 bits per heavy atom. The summed E-state index contributed by atoms with van der Waals surface area (Å²) >= 11 is 0. The van der Waals surface area contributed by atoms with Crippen molar-refractivity contribution in [3.05, 3.63) is 102 Å². The molecule has 1 aromatic heterocycles. The summed E-state index contributed by atoms with van der Waals surface area (Å²) in [7, 11) is 1.57. The molecule has 4 heteroatoms. The second-order valence-electron chi connectivity index (χ2n) is 6.39. The predicted molar refractivity (Wildman–Crippen MR) is 109 cm³/mol. The summed E-state index contributed by atoms with van der Waals surface area (Å²) < 4.78 is 11.3. The topological polar surface area (TPSA) is 48.4 Å². The molecule has 0 aliphatic rings. The minimum Gasteiger partial charge on any atom is -0.493 e. The van der Waals surface area contributed by atoms with E-state index in [9.17, 15) is 4.79 Å². The van der Waals surface area contributed by atoms with Crippen LogP contribution in [0.4, 0.5) is 0 Å². The summed E-state index contributed by atoms with van der Waals surface area (Å²) in [6.45, 7) is 0.430. The second-order valence-corrected chi connectivity index (χ2v) is 6.39. The molecule has 0 saturated carbocycles. The van der Waals surface area contributed by atoms with Crippen molar-refractivity contribution in [3.8, 4) is 11.5 Å². The van der Waals surface area contributed by atoms with Crippen molar-refractivity contribution >= 4 is 16.7 Å². The number of rotatable bonds is 6. The van der Waals surface area contributed by atoms with Crippen LogP contribution in [0.15, 0.2) is 85.1 Å². The number of fused-ring (bicyclic) bond motifs is 1. The van der Waals surface area contributed by atoms with Gasteiger partial charge in [0.15, 0.2) is 17.3 Å². The van der Waals surface area contributed by atoms with Gasteiger partial charge in [0.25, 0.3) is 0 Å². The van der Waals surface area contributed by atoms with Gasteiger partial charge in [0.2, 0.25) is 0 Å². The van der Waals surface area contributed by atoms with Gasteiger partial charge in [0, 0.05) is 22.7 Å². The number of pyridine rings is 1. The summed E-state index contributed by atoms with van der Waals surface area (Å²) in [6.07, 6.45) is 1.61. The number of para-hydroxylation sites is 1. The number of benzene rings is 3. The quantitative estimate of drug-likeness (QED) is 0.446. The number of carbonyl (C=O) groups is 1. The molecule has 0 radical (unpaired) electrons. The Hall–Kier alpha value is -3.66. The van der Waals surface area contributed by atoms with Crippen LogP contribution in [-0.2, 0) is 6.61 Å². The van der Waals surface area contributed by atoms with E-state index in [1.807, 2.05) is 60.7 Å². The fourth-order valence-electron chi connectivity index (χ4n) is 3.03. The lowest BCUT2D eigenvalue weighted by molar-refractivity contribution is 0.103. The SMILES string of the molecule is COc1cc(C(=O)c2cnc3ccccc3c2)ccc1OCc1ccccc1. The van der Waals surface area contributed by atoms with E-state index >= 15 is 0 Å². The van der Waals surface area contributed by atoms with Crippen LogP contribution in [0.25, 0.3) is 10.9 Å². The average molecular weight is 369 g/mol. The first-order valence-corrected chi connectivity index (χ1v) is 8.99. The van der Waals surface area contributed by atoms with Crippen molar-refractivity contribution in [2.45, 2.75) is 6.61 Å². The first kappa shape index (κ1) is 17.7. The number of carbonyl (C=O) groups excluding carboxylic acids is 1. The highest BCUT2D eigenvalue weighted by molar-refractivity contribution is 6.10. The molecule has 1 heterocycles. The second kappa shape index (κ2) is 7.92. The Morgan fingerprint density at radius 3 is 2.46 bits per heavy atom. The molecule has 0 bridgehead atoms. The van der Waals surface area contributed by atoms with E-state index in [-0.39, 0.29) is 5.78 Å². The fourth-order valence-corrected chi connectivity index (χ4v) is 3.03. The maximum atomic E-state index is 12.9. The maximum Gasteiger partial charge on any atom is 0.194 e. The van der Waals surface area contributed by atoms with Gasteiger partial charge in [-0.1, -0.05) is 48.5 Å². The van der Waals surface area contributed by atoms with Crippen molar-refractivity contribution in [1.29, 1.82) is 0 Å². The largest absolute Gasteiger partial charge is 0.493 e. The van der Waals surface area contributed by atoms with Crippen LogP contribution < -0.4 is 9.47 Å². The Balaban J connectivity index is 1.58. The molecule has 0 aliphatic carbocycles. The van der Waals surface area contributed by atoms with Crippen molar-refractivity contribution in [2.75, 3.05) is 7.11 Å². The molecule has 0 fully saturated rings. The standard InChI is InChI=1S/C24H19NO3/c1-27-23-14-19(11-12-22(23)28-16-17-7-3-2-4-8-17)24(26)20-13-18-9-5-6-10-21(18)25-15-20/h2-15H,16H2,1H3. The van der Waals surface area contributed by atoms with E-state index in [1.165, 1.54) is 0 Å². The molecule has 0 saturated heterocycles. The monoisotopic (exact) mass is 369 g/mol. The molecule has 4 rings (SSSR count). The van der Waals surface area contributed by atoms with Gasteiger partial charge < -0.3 is 9.47 Å². The Bertz CT molecular complexity index is 1120. The number of ether oxygens (including phenoxy) is 2. The highest BCUT2D eigenvalue weighted by Gasteiger charge is 2.14. The Morgan fingerprint density at radius 1 is 0.857 bits per heavy atom. The minimum atomic E-state index is -0.105. The van der Waals surface area contributed by atoms with E-state index in [0.717, 1.165) is 16.5 Å². The molecule has 0 N–H and O–H groups in total. The summed E-state index contributed by atoms with van der Waals surface area (Å²) in [4.78, 5) is 17.3. The minimum absolute atomic E-state index is 0.105. The van der Waals surface area contributed by atoms with Crippen LogP contribution in [0.2, 0.25) is 0 Å². The lowest BCUT2D eigenvalue weighted by Gasteiger charge is -2.12. The average Bonchev–Trinajstić information content (AvgIpc) is 2.77. The number of methoxy groups -OCH3 is 1. The van der Waals surface area contributed by atoms with Crippen LogP contribution in [0.1, 0.15) is 21.5 Å². The summed E-state index contributed by atoms with van der Waals surface area (Å²) in [5.41, 5.74) is 2.99. The van der Waals surface area contributed by atoms with Gasteiger partial charge in [-0.3, -0.25) is 9.78 Å². The Kier molecular flexibility index (Phi) is 5.02. The van der Waals surface area contributed by atoms with Crippen molar-refractivity contribution in [3.63, 3.8) is 0 Å². The van der Waals surface area contributed by atoms with Gasteiger partial charge in [-0.15, -0.1) is 0 Å².